The molecule has 2 saturated heterocycles. The Balaban J connectivity index is 1.39. The molecular weight excluding hydrogens is 404 g/mol. The van der Waals surface area contributed by atoms with Crippen molar-refractivity contribution in [2.75, 3.05) is 31.5 Å². The summed E-state index contributed by atoms with van der Waals surface area (Å²) in [5.41, 5.74) is 1.00. The van der Waals surface area contributed by atoms with Crippen molar-refractivity contribution >= 4 is 17.5 Å². The fraction of sp³-hybridized carbons (Fsp3) is 0.480. The van der Waals surface area contributed by atoms with Gasteiger partial charge in [-0.2, -0.15) is 0 Å². The van der Waals surface area contributed by atoms with Gasteiger partial charge in [-0.25, -0.2) is 0 Å². The number of nitrogens with one attached hydrogen (secondary N) is 1. The van der Waals surface area contributed by atoms with Gasteiger partial charge in [0.05, 0.1) is 0 Å². The summed E-state index contributed by atoms with van der Waals surface area (Å²) in [6, 6.07) is 12.7. The molecule has 2 aromatic rings. The van der Waals surface area contributed by atoms with Crippen molar-refractivity contribution in [2.24, 2.45) is 0 Å². The van der Waals surface area contributed by atoms with Crippen LogP contribution in [0.3, 0.4) is 0 Å². The molecule has 32 heavy (non-hydrogen) atoms. The lowest BCUT2D eigenvalue weighted by molar-refractivity contribution is -0.133. The van der Waals surface area contributed by atoms with E-state index in [-0.39, 0.29) is 29.6 Å². The Morgan fingerprint density at radius 1 is 0.938 bits per heavy atom. The van der Waals surface area contributed by atoms with E-state index < -0.39 is 0 Å². The Bertz CT molecular complexity index is 1000. The van der Waals surface area contributed by atoms with Crippen molar-refractivity contribution in [2.45, 2.75) is 51.6 Å². The first kappa shape index (κ1) is 22.3. The maximum atomic E-state index is 13.0. The molecule has 7 heteroatoms. The summed E-state index contributed by atoms with van der Waals surface area (Å²) < 4.78 is 1.46. The van der Waals surface area contributed by atoms with Crippen molar-refractivity contribution in [3.63, 3.8) is 0 Å². The third kappa shape index (κ3) is 5.10. The molecule has 0 bridgehead atoms. The summed E-state index contributed by atoms with van der Waals surface area (Å²) in [7, 11) is 0. The van der Waals surface area contributed by atoms with Crippen LogP contribution in [0.4, 0.5) is 5.69 Å². The van der Waals surface area contributed by atoms with Crippen LogP contribution in [0.5, 0.6) is 0 Å². The van der Waals surface area contributed by atoms with E-state index in [1.807, 2.05) is 11.0 Å². The minimum Gasteiger partial charge on any atom is -0.341 e. The average molecular weight is 437 g/mol. The van der Waals surface area contributed by atoms with Crippen LogP contribution in [-0.4, -0.2) is 58.4 Å². The number of pyridine rings is 1. The Morgan fingerprint density at radius 3 is 2.31 bits per heavy atom. The number of rotatable bonds is 5. The molecule has 3 heterocycles. The highest BCUT2D eigenvalue weighted by molar-refractivity contribution is 6.04. The molecule has 0 atom stereocenters. The van der Waals surface area contributed by atoms with Crippen molar-refractivity contribution < 1.29 is 9.59 Å². The molecule has 1 aromatic carbocycles. The van der Waals surface area contributed by atoms with Crippen LogP contribution in [0.25, 0.3) is 0 Å². The Kier molecular flexibility index (Phi) is 7.05. The Hall–Kier alpha value is -2.93. The first-order chi connectivity index (χ1) is 15.5. The number of carbonyl (C=O) groups excluding carboxylic acids is 2. The summed E-state index contributed by atoms with van der Waals surface area (Å²) in [6.45, 7) is 5.62. The number of hydrogen-bond donors (Lipinski definition) is 1. The van der Waals surface area contributed by atoms with Crippen LogP contribution in [-0.2, 0) is 11.3 Å². The summed E-state index contributed by atoms with van der Waals surface area (Å²) in [6.07, 6.45) is 5.86. The number of benzene rings is 1. The number of aryl methyl sites for hydroxylation is 1. The Morgan fingerprint density at radius 2 is 1.62 bits per heavy atom. The lowest BCUT2D eigenvalue weighted by Gasteiger charge is -2.40. The number of aromatic nitrogens is 1. The zero-order valence-electron chi connectivity index (χ0n) is 18.8. The highest BCUT2D eigenvalue weighted by atomic mass is 16.2. The second-order valence-corrected chi connectivity index (χ2v) is 8.81. The molecule has 2 fully saturated rings. The maximum Gasteiger partial charge on any atom is 0.274 e. The van der Waals surface area contributed by atoms with Gasteiger partial charge in [-0.1, -0.05) is 24.6 Å². The number of anilines is 1. The van der Waals surface area contributed by atoms with Gasteiger partial charge in [-0.05, 0) is 70.0 Å². The molecule has 2 amide bonds. The van der Waals surface area contributed by atoms with Crippen LogP contribution in [0, 0.1) is 6.92 Å². The predicted molar refractivity (Wildman–Crippen MR) is 125 cm³/mol. The lowest BCUT2D eigenvalue weighted by Crippen LogP contribution is -2.49. The summed E-state index contributed by atoms with van der Waals surface area (Å²) in [5, 5.41) is 2.69. The normalized spacial score (nSPS) is 17.8. The number of hydrogen-bond acceptors (Lipinski definition) is 4. The van der Waals surface area contributed by atoms with E-state index in [1.54, 1.807) is 43.3 Å². The van der Waals surface area contributed by atoms with Crippen LogP contribution >= 0.6 is 0 Å². The first-order valence-electron chi connectivity index (χ1n) is 11.6. The van der Waals surface area contributed by atoms with E-state index in [0.717, 1.165) is 25.9 Å². The minimum absolute atomic E-state index is 0.00586. The quantitative estimate of drug-likeness (QED) is 0.782. The molecular formula is C25H32N4O3. The van der Waals surface area contributed by atoms with E-state index in [4.69, 9.17) is 0 Å². The lowest BCUT2D eigenvalue weighted by atomic mass is 10.00. The minimum atomic E-state index is -0.356. The zero-order chi connectivity index (χ0) is 22.5. The summed E-state index contributed by atoms with van der Waals surface area (Å²) >= 11 is 0. The van der Waals surface area contributed by atoms with Gasteiger partial charge in [0, 0.05) is 30.4 Å². The summed E-state index contributed by atoms with van der Waals surface area (Å²) in [5.74, 6) is -0.386. The van der Waals surface area contributed by atoms with Crippen LogP contribution in [0.1, 0.15) is 48.2 Å². The average Bonchev–Trinajstić information content (AvgIpc) is 2.84. The smallest absolute Gasteiger partial charge is 0.274 e. The van der Waals surface area contributed by atoms with Gasteiger partial charge in [0.1, 0.15) is 12.2 Å². The van der Waals surface area contributed by atoms with Crippen molar-refractivity contribution in [1.82, 2.24) is 14.4 Å². The molecule has 2 aliphatic heterocycles. The number of amides is 2. The first-order valence-corrected chi connectivity index (χ1v) is 11.6. The zero-order valence-corrected chi connectivity index (χ0v) is 18.8. The van der Waals surface area contributed by atoms with Gasteiger partial charge in [-0.15, -0.1) is 0 Å². The largest absolute Gasteiger partial charge is 0.341 e. The summed E-state index contributed by atoms with van der Waals surface area (Å²) in [4.78, 5) is 42.9. The monoisotopic (exact) mass is 436 g/mol. The second kappa shape index (κ2) is 10.1. The van der Waals surface area contributed by atoms with Crippen LogP contribution < -0.4 is 10.9 Å². The fourth-order valence-corrected chi connectivity index (χ4v) is 4.75. The van der Waals surface area contributed by atoms with Gasteiger partial charge < -0.3 is 19.7 Å². The molecule has 0 aliphatic carbocycles. The van der Waals surface area contributed by atoms with Crippen molar-refractivity contribution in [1.29, 1.82) is 0 Å². The highest BCUT2D eigenvalue weighted by Crippen LogP contribution is 2.21. The number of nitrogens with zero attached hydrogens (tertiary/aromatic N) is 3. The van der Waals surface area contributed by atoms with Crippen molar-refractivity contribution in [3.05, 3.63) is 64.1 Å². The number of piperidine rings is 2. The van der Waals surface area contributed by atoms with E-state index in [0.29, 0.717) is 17.3 Å². The third-order valence-electron chi connectivity index (χ3n) is 6.69. The fourth-order valence-electron chi connectivity index (χ4n) is 4.75. The van der Waals surface area contributed by atoms with Crippen molar-refractivity contribution in [3.8, 4) is 0 Å². The van der Waals surface area contributed by atoms with Gasteiger partial charge >= 0.3 is 0 Å². The molecule has 0 radical (unpaired) electrons. The number of likely N-dealkylation sites (tertiary alicyclic amines) is 2. The SMILES string of the molecule is Cc1ccc(NC(=O)c2ccccc2)c(=O)n1CC(=O)N1CCC(N2CCCCC2)CC1. The van der Waals surface area contributed by atoms with E-state index in [9.17, 15) is 14.4 Å². The topological polar surface area (TPSA) is 74.6 Å². The number of carbonyl (C=O) groups is 2. The molecule has 170 valence electrons. The van der Waals surface area contributed by atoms with Gasteiger partial charge in [0.15, 0.2) is 0 Å². The molecule has 7 nitrogen and oxygen atoms in total. The van der Waals surface area contributed by atoms with E-state index >= 15 is 0 Å². The molecule has 0 unspecified atom stereocenters. The standard InChI is InChI=1S/C25H32N4O3/c1-19-10-11-22(26-24(31)20-8-4-2-5-9-20)25(32)29(19)18-23(30)28-16-12-21(13-17-28)27-14-6-3-7-15-27/h2,4-5,8-11,21H,3,6-7,12-18H2,1H3,(H,26,31). The highest BCUT2D eigenvalue weighted by Gasteiger charge is 2.28. The van der Waals surface area contributed by atoms with E-state index in [2.05, 4.69) is 10.2 Å². The molecule has 0 spiro atoms. The molecule has 0 saturated carbocycles. The Labute approximate surface area is 189 Å². The predicted octanol–water partition coefficient (Wildman–Crippen LogP) is 2.89. The van der Waals surface area contributed by atoms with Gasteiger partial charge in [0.25, 0.3) is 11.5 Å². The van der Waals surface area contributed by atoms with Crippen LogP contribution in [0.2, 0.25) is 0 Å². The third-order valence-corrected chi connectivity index (χ3v) is 6.69. The molecule has 1 N–H and O–H groups in total. The van der Waals surface area contributed by atoms with E-state index in [1.165, 1.54) is 36.9 Å². The van der Waals surface area contributed by atoms with Gasteiger partial charge in [-0.3, -0.25) is 14.4 Å². The molecule has 1 aromatic heterocycles. The molecule has 2 aliphatic rings. The second-order valence-electron chi connectivity index (χ2n) is 8.81. The molecule has 4 rings (SSSR count). The van der Waals surface area contributed by atoms with Gasteiger partial charge in [0.2, 0.25) is 5.91 Å². The maximum absolute atomic E-state index is 13.0. The van der Waals surface area contributed by atoms with Crippen LogP contribution in [0.15, 0.2) is 47.3 Å².